The normalized spacial score (nSPS) is 14.7. The molecule has 1 saturated heterocycles. The summed E-state index contributed by atoms with van der Waals surface area (Å²) in [5.41, 5.74) is 3.88. The summed E-state index contributed by atoms with van der Waals surface area (Å²) in [6, 6.07) is 20.2. The van der Waals surface area contributed by atoms with Crippen LogP contribution >= 0.6 is 11.3 Å². The number of nitrogens with zero attached hydrogens (tertiary/aromatic N) is 3. The van der Waals surface area contributed by atoms with E-state index in [-0.39, 0.29) is 6.10 Å². The molecule has 2 heterocycles. The van der Waals surface area contributed by atoms with Crippen LogP contribution in [0.25, 0.3) is 10.8 Å². The molecule has 7 nitrogen and oxygen atoms in total. The Balaban J connectivity index is 1.47. The number of carbonyl (C=O) groups is 1. The number of anilines is 1. The third-order valence-corrected chi connectivity index (χ3v) is 6.90. The Bertz CT molecular complexity index is 1290. The molecule has 1 fully saturated rings. The molecule has 4 aromatic rings. The summed E-state index contributed by atoms with van der Waals surface area (Å²) in [6.07, 6.45) is 0.662. The molecule has 1 N–H and O–H groups in total. The van der Waals surface area contributed by atoms with E-state index in [4.69, 9.17) is 9.47 Å². The van der Waals surface area contributed by atoms with Crippen LogP contribution < -0.4 is 14.4 Å². The number of methoxy groups -OCH3 is 1. The van der Waals surface area contributed by atoms with E-state index >= 15 is 0 Å². The van der Waals surface area contributed by atoms with Crippen molar-refractivity contribution >= 4 is 33.9 Å². The predicted molar refractivity (Wildman–Crippen MR) is 133 cm³/mol. The van der Waals surface area contributed by atoms with Crippen molar-refractivity contribution in [2.24, 2.45) is 0 Å². The molecule has 0 bridgehead atoms. The number of hydrogen-bond acceptors (Lipinski definition) is 6. The lowest BCUT2D eigenvalue weighted by molar-refractivity contribution is 0.142. The first-order valence-electron chi connectivity index (χ1n) is 11.1. The molecule has 1 aromatic heterocycles. The number of piperazine rings is 1. The summed E-state index contributed by atoms with van der Waals surface area (Å²) in [4.78, 5) is 20.3. The number of hydrogen-bond donors (Lipinski definition) is 1. The van der Waals surface area contributed by atoms with E-state index < -0.39 is 6.09 Å². The van der Waals surface area contributed by atoms with Crippen molar-refractivity contribution in [3.05, 3.63) is 82.8 Å². The average molecular weight is 476 g/mol. The van der Waals surface area contributed by atoms with Crippen molar-refractivity contribution in [2.45, 2.75) is 6.10 Å². The molecule has 1 aliphatic rings. The van der Waals surface area contributed by atoms with Crippen LogP contribution in [0.2, 0.25) is 0 Å². The molecular weight excluding hydrogens is 450 g/mol. The summed E-state index contributed by atoms with van der Waals surface area (Å²) in [5.74, 6) is 1.53. The standard InChI is InChI=1S/C26H25N3O4S/c1-32-20-6-2-5-19(14-20)25(24-16-27-17-34-24)33-21-9-8-18-4-3-7-23(22(18)15-21)28-10-12-29(13-11-28)26(30)31/h2-9,14-17,25H,10-13H2,1H3,(H,30,31). The van der Waals surface area contributed by atoms with Crippen molar-refractivity contribution in [1.29, 1.82) is 0 Å². The maximum absolute atomic E-state index is 11.3. The minimum Gasteiger partial charge on any atom is -0.497 e. The number of benzene rings is 3. The van der Waals surface area contributed by atoms with Gasteiger partial charge < -0.3 is 24.4 Å². The Morgan fingerprint density at radius 2 is 1.85 bits per heavy atom. The van der Waals surface area contributed by atoms with Gasteiger partial charge in [-0.15, -0.1) is 11.3 Å². The zero-order chi connectivity index (χ0) is 23.5. The highest BCUT2D eigenvalue weighted by Crippen LogP contribution is 2.36. The maximum Gasteiger partial charge on any atom is 0.407 e. The minimum absolute atomic E-state index is 0.314. The largest absolute Gasteiger partial charge is 0.497 e. The van der Waals surface area contributed by atoms with E-state index in [1.807, 2.05) is 42.6 Å². The zero-order valence-electron chi connectivity index (χ0n) is 18.8. The second-order valence-corrected chi connectivity index (χ2v) is 9.01. The van der Waals surface area contributed by atoms with Gasteiger partial charge in [0.05, 0.1) is 17.5 Å². The summed E-state index contributed by atoms with van der Waals surface area (Å²) in [5, 5.41) is 11.5. The Labute approximate surface area is 201 Å². The second kappa shape index (κ2) is 9.61. The fourth-order valence-electron chi connectivity index (χ4n) is 4.31. The summed E-state index contributed by atoms with van der Waals surface area (Å²) in [6.45, 7) is 2.30. The number of ether oxygens (including phenoxy) is 2. The molecule has 1 atom stereocenters. The van der Waals surface area contributed by atoms with Crippen LogP contribution in [0.15, 0.2) is 72.4 Å². The van der Waals surface area contributed by atoms with Gasteiger partial charge in [-0.1, -0.05) is 30.3 Å². The van der Waals surface area contributed by atoms with Crippen LogP contribution in [0.5, 0.6) is 11.5 Å². The van der Waals surface area contributed by atoms with Gasteiger partial charge in [0.2, 0.25) is 0 Å². The first-order valence-corrected chi connectivity index (χ1v) is 11.9. The van der Waals surface area contributed by atoms with Crippen LogP contribution in [0, 0.1) is 0 Å². The second-order valence-electron chi connectivity index (χ2n) is 8.10. The van der Waals surface area contributed by atoms with Crippen LogP contribution in [0.3, 0.4) is 0 Å². The molecule has 8 heteroatoms. The molecule has 0 aliphatic carbocycles. The third kappa shape index (κ3) is 4.49. The van der Waals surface area contributed by atoms with Crippen LogP contribution in [0.1, 0.15) is 16.5 Å². The Hall–Kier alpha value is -3.78. The van der Waals surface area contributed by atoms with E-state index in [0.717, 1.165) is 38.4 Å². The van der Waals surface area contributed by atoms with Gasteiger partial charge >= 0.3 is 6.09 Å². The molecule has 3 aromatic carbocycles. The Kier molecular flexibility index (Phi) is 6.22. The van der Waals surface area contributed by atoms with Crippen LogP contribution in [-0.2, 0) is 0 Å². The van der Waals surface area contributed by atoms with E-state index in [1.165, 1.54) is 4.90 Å². The third-order valence-electron chi connectivity index (χ3n) is 6.08. The average Bonchev–Trinajstić information content (AvgIpc) is 3.41. The lowest BCUT2D eigenvalue weighted by Gasteiger charge is -2.35. The fraction of sp³-hybridized carbons (Fsp3) is 0.231. The molecule has 5 rings (SSSR count). The molecule has 0 radical (unpaired) electrons. The number of amides is 1. The quantitative estimate of drug-likeness (QED) is 0.409. The van der Waals surface area contributed by atoms with Gasteiger partial charge in [-0.25, -0.2) is 4.79 Å². The van der Waals surface area contributed by atoms with Crippen molar-refractivity contribution in [3.8, 4) is 11.5 Å². The van der Waals surface area contributed by atoms with Gasteiger partial charge in [-0.2, -0.15) is 0 Å². The van der Waals surface area contributed by atoms with Crippen molar-refractivity contribution in [2.75, 3.05) is 38.2 Å². The van der Waals surface area contributed by atoms with Crippen LogP contribution in [-0.4, -0.2) is 54.4 Å². The Morgan fingerprint density at radius 1 is 1.03 bits per heavy atom. The van der Waals surface area contributed by atoms with Gasteiger partial charge in [-0.05, 0) is 35.7 Å². The zero-order valence-corrected chi connectivity index (χ0v) is 19.6. The van der Waals surface area contributed by atoms with Gasteiger partial charge in [0.1, 0.15) is 11.5 Å². The highest BCUT2D eigenvalue weighted by Gasteiger charge is 2.23. The van der Waals surface area contributed by atoms with Gasteiger partial charge in [0, 0.05) is 49.0 Å². The highest BCUT2D eigenvalue weighted by atomic mass is 32.1. The van der Waals surface area contributed by atoms with Crippen LogP contribution in [0.4, 0.5) is 10.5 Å². The highest BCUT2D eigenvalue weighted by molar-refractivity contribution is 7.09. The van der Waals surface area contributed by atoms with E-state index in [0.29, 0.717) is 26.2 Å². The molecule has 1 unspecified atom stereocenters. The molecule has 174 valence electrons. The molecule has 1 aliphatic heterocycles. The number of aromatic nitrogens is 1. The monoisotopic (exact) mass is 475 g/mol. The lowest BCUT2D eigenvalue weighted by atomic mass is 10.1. The van der Waals surface area contributed by atoms with E-state index in [9.17, 15) is 9.90 Å². The molecule has 0 saturated carbocycles. The predicted octanol–water partition coefficient (Wildman–Crippen LogP) is 5.27. The molecular formula is C26H25N3O4S. The number of fused-ring (bicyclic) bond motifs is 1. The number of carboxylic acid groups (broad SMARTS) is 1. The number of rotatable bonds is 6. The summed E-state index contributed by atoms with van der Waals surface area (Å²) >= 11 is 1.55. The smallest absolute Gasteiger partial charge is 0.407 e. The Morgan fingerprint density at radius 3 is 2.59 bits per heavy atom. The van der Waals surface area contributed by atoms with Crippen molar-refractivity contribution in [1.82, 2.24) is 9.88 Å². The molecule has 1 amide bonds. The first-order chi connectivity index (χ1) is 16.6. The lowest BCUT2D eigenvalue weighted by Crippen LogP contribution is -2.48. The van der Waals surface area contributed by atoms with Gasteiger partial charge in [-0.3, -0.25) is 4.98 Å². The fourth-order valence-corrected chi connectivity index (χ4v) is 4.98. The van der Waals surface area contributed by atoms with Gasteiger partial charge in [0.15, 0.2) is 6.10 Å². The topological polar surface area (TPSA) is 75.1 Å². The van der Waals surface area contributed by atoms with Crippen molar-refractivity contribution in [3.63, 3.8) is 0 Å². The molecule has 34 heavy (non-hydrogen) atoms. The van der Waals surface area contributed by atoms with E-state index in [1.54, 1.807) is 24.0 Å². The summed E-state index contributed by atoms with van der Waals surface area (Å²) in [7, 11) is 1.66. The molecule has 0 spiro atoms. The number of thiazole rings is 1. The van der Waals surface area contributed by atoms with Gasteiger partial charge in [0.25, 0.3) is 0 Å². The minimum atomic E-state index is -0.861. The van der Waals surface area contributed by atoms with E-state index in [2.05, 4.69) is 34.1 Å². The van der Waals surface area contributed by atoms with Crippen molar-refractivity contribution < 1.29 is 19.4 Å². The maximum atomic E-state index is 11.3. The SMILES string of the molecule is COc1cccc(C(Oc2ccc3cccc(N4CCN(C(=O)O)CC4)c3c2)c2cncs2)c1. The first kappa shape index (κ1) is 22.0. The summed E-state index contributed by atoms with van der Waals surface area (Å²) < 4.78 is 12.0.